The molecular formula is C93H122N16O8S4. The lowest BCUT2D eigenvalue weighted by molar-refractivity contribution is -0.124. The second-order valence-electron chi connectivity index (χ2n) is 30.2. The molecule has 646 valence electrons. The lowest BCUT2D eigenvalue weighted by Gasteiger charge is -2.14. The number of carbonyl (C=O) groups is 6. The molecule has 8 heterocycles. The Morgan fingerprint density at radius 3 is 1.45 bits per heavy atom. The van der Waals surface area contributed by atoms with Gasteiger partial charge in [0.25, 0.3) is 0 Å². The minimum absolute atomic E-state index is 0. The van der Waals surface area contributed by atoms with E-state index < -0.39 is 10.0 Å². The fourth-order valence-electron chi connectivity index (χ4n) is 11.7. The van der Waals surface area contributed by atoms with Gasteiger partial charge in [-0.05, 0) is 180 Å². The van der Waals surface area contributed by atoms with Crippen LogP contribution in [0.25, 0.3) is 69.5 Å². The molecule has 0 spiro atoms. The third kappa shape index (κ3) is 29.0. The number of nitrogens with two attached hydrogens (primary N) is 1. The fraction of sp³-hybridized carbons (Fsp3) is 0.366. The summed E-state index contributed by atoms with van der Waals surface area (Å²) in [5.41, 5.74) is 22.4. The molecule has 0 bridgehead atoms. The number of anilines is 1. The molecule has 6 aromatic carbocycles. The highest BCUT2D eigenvalue weighted by atomic mass is 32.2. The van der Waals surface area contributed by atoms with Crippen LogP contribution in [0.5, 0.6) is 0 Å². The first-order valence-corrected chi connectivity index (χ1v) is 43.0. The van der Waals surface area contributed by atoms with Gasteiger partial charge < -0.3 is 26.3 Å². The largest absolute Gasteiger partial charge is 0.375 e. The van der Waals surface area contributed by atoms with Crippen LogP contribution in [0.2, 0.25) is 0 Å². The van der Waals surface area contributed by atoms with Crippen LogP contribution in [-0.2, 0) is 84.7 Å². The fourth-order valence-corrected chi connectivity index (χ4v) is 15.2. The second-order valence-corrected chi connectivity index (χ2v) is 35.2. The molecule has 0 aliphatic rings. The molecule has 0 unspecified atom stereocenters. The van der Waals surface area contributed by atoms with E-state index >= 15 is 0 Å². The van der Waals surface area contributed by atoms with Crippen molar-refractivity contribution >= 4 is 137 Å². The van der Waals surface area contributed by atoms with Crippen molar-refractivity contribution in [3.05, 3.63) is 226 Å². The van der Waals surface area contributed by atoms with Crippen LogP contribution in [0.3, 0.4) is 0 Å². The molecule has 0 aliphatic heterocycles. The number of ketones is 3. The number of fused-ring (bicyclic) bond motifs is 5. The van der Waals surface area contributed by atoms with E-state index in [0.717, 1.165) is 111 Å². The van der Waals surface area contributed by atoms with Crippen molar-refractivity contribution in [2.75, 3.05) is 19.8 Å². The second kappa shape index (κ2) is 47.1. The molecule has 0 radical (unpaired) electrons. The van der Waals surface area contributed by atoms with Gasteiger partial charge in [0.15, 0.2) is 5.13 Å². The Bertz CT molecular complexity index is 5860. The lowest BCUT2D eigenvalue weighted by Crippen LogP contribution is -2.27. The van der Waals surface area contributed by atoms with Gasteiger partial charge in [0, 0.05) is 131 Å². The third-order valence-electron chi connectivity index (χ3n) is 19.1. The SMILES string of the molecule is C.C.C.C.CC(=O)NCc1ccc2ncsc2c1.CC(C)C(=O)CCc1cnn(-c2ccc3ncccc3c2)c1.CC(C)C(=O)NCc1ccc2ccsc2c1.CC(C)C(=O)NCc1ccc2nc(N)sc2c1.Cc1cc(-n2cc(CCC(=O)C(C)C)cn2)ccc1S(=O)(=O)N(C)C.Cc1nc2ccc(-n3cc(CCC(=O)C(C)C)cn3)cc2n1C. The molecule has 28 heteroatoms. The van der Waals surface area contributed by atoms with Crippen molar-refractivity contribution in [3.8, 4) is 17.1 Å². The molecule has 5 N–H and O–H groups in total. The average molecular weight is 1720 g/mol. The number of nitrogens with zero attached hydrogens (tertiary/aromatic N) is 12. The van der Waals surface area contributed by atoms with E-state index in [2.05, 4.69) is 104 Å². The summed E-state index contributed by atoms with van der Waals surface area (Å²) >= 11 is 4.80. The van der Waals surface area contributed by atoms with Gasteiger partial charge in [0.2, 0.25) is 27.7 Å². The number of hydrogen-bond acceptors (Lipinski definition) is 19. The van der Waals surface area contributed by atoms with Crippen LogP contribution >= 0.6 is 34.0 Å². The molecule has 14 aromatic rings. The summed E-state index contributed by atoms with van der Waals surface area (Å²) in [5, 5.41) is 26.7. The minimum atomic E-state index is -3.46. The van der Waals surface area contributed by atoms with Crippen molar-refractivity contribution in [1.29, 1.82) is 0 Å². The molecule has 0 fully saturated rings. The van der Waals surface area contributed by atoms with Gasteiger partial charge in [-0.2, -0.15) is 15.3 Å². The Hall–Kier alpha value is -11.3. The maximum atomic E-state index is 12.3. The molecule has 8 aromatic heterocycles. The topological polar surface area (TPSA) is 312 Å². The van der Waals surface area contributed by atoms with E-state index in [-0.39, 0.29) is 87.7 Å². The first-order valence-electron chi connectivity index (χ1n) is 38.9. The van der Waals surface area contributed by atoms with Gasteiger partial charge in [0.05, 0.1) is 83.0 Å². The number of Topliss-reactive ketones (excluding diaryl/α,β-unsaturated/α-hetero) is 3. The highest BCUT2D eigenvalue weighted by Crippen LogP contribution is 2.28. The van der Waals surface area contributed by atoms with Crippen LogP contribution < -0.4 is 21.7 Å². The van der Waals surface area contributed by atoms with Gasteiger partial charge in [-0.1, -0.05) is 141 Å². The first-order chi connectivity index (χ1) is 55.7. The molecule has 0 atom stereocenters. The zero-order chi connectivity index (χ0) is 84.8. The van der Waals surface area contributed by atoms with Crippen molar-refractivity contribution in [2.24, 2.45) is 36.6 Å². The lowest BCUT2D eigenvalue weighted by atomic mass is 10.0. The van der Waals surface area contributed by atoms with E-state index in [4.69, 9.17) is 5.73 Å². The number of pyridine rings is 1. The van der Waals surface area contributed by atoms with Gasteiger partial charge in [-0.15, -0.1) is 22.7 Å². The molecule has 121 heavy (non-hydrogen) atoms. The van der Waals surface area contributed by atoms with Crippen molar-refractivity contribution in [1.82, 2.24) is 74.1 Å². The Labute approximate surface area is 725 Å². The Kier molecular flexibility index (Phi) is 39.0. The van der Waals surface area contributed by atoms with Crippen LogP contribution in [0.15, 0.2) is 187 Å². The van der Waals surface area contributed by atoms with Gasteiger partial charge in [-0.3, -0.25) is 33.8 Å². The predicted molar refractivity (Wildman–Crippen MR) is 498 cm³/mol. The molecule has 0 aliphatic carbocycles. The van der Waals surface area contributed by atoms with Crippen LogP contribution in [0.1, 0.15) is 170 Å². The van der Waals surface area contributed by atoms with Crippen LogP contribution in [0.4, 0.5) is 5.13 Å². The first kappa shape index (κ1) is 100. The van der Waals surface area contributed by atoms with E-state index in [1.165, 1.54) is 46.7 Å². The number of aromatic nitrogens is 11. The maximum Gasteiger partial charge on any atom is 0.242 e. The molecular weight excluding hydrogens is 1600 g/mol. The number of aryl methyl sites for hydroxylation is 6. The summed E-state index contributed by atoms with van der Waals surface area (Å²) in [6, 6.07) is 41.6. The van der Waals surface area contributed by atoms with E-state index in [1.54, 1.807) is 64.9 Å². The summed E-state index contributed by atoms with van der Waals surface area (Å²) < 4.78 is 36.7. The molecule has 0 saturated carbocycles. The number of carbonyl (C=O) groups excluding carboxylic acids is 6. The number of sulfonamides is 1. The average Bonchev–Trinajstić information content (AvgIpc) is 1.41. The summed E-state index contributed by atoms with van der Waals surface area (Å²) in [7, 11) is 1.58. The van der Waals surface area contributed by atoms with Crippen molar-refractivity contribution < 1.29 is 37.2 Å². The van der Waals surface area contributed by atoms with Crippen molar-refractivity contribution in [2.45, 2.75) is 183 Å². The number of thiazole rings is 2. The van der Waals surface area contributed by atoms with Crippen molar-refractivity contribution in [3.63, 3.8) is 0 Å². The molecule has 0 saturated heterocycles. The third-order valence-corrected chi connectivity index (χ3v) is 23.6. The quantitative estimate of drug-likeness (QED) is 0.0413. The molecule has 14 rings (SSSR count). The number of nitrogens with one attached hydrogen (secondary N) is 3. The highest BCUT2D eigenvalue weighted by molar-refractivity contribution is 7.89. The number of thiophene rings is 1. The summed E-state index contributed by atoms with van der Waals surface area (Å²) in [4.78, 5) is 86.3. The Balaban J connectivity index is 0.000000259. The number of rotatable bonds is 25. The van der Waals surface area contributed by atoms with Gasteiger partial charge in [-0.25, -0.2) is 41.7 Å². The number of imidazole rings is 1. The Morgan fingerprint density at radius 1 is 0.479 bits per heavy atom. The molecule has 3 amide bonds. The van der Waals surface area contributed by atoms with E-state index in [0.29, 0.717) is 67.6 Å². The number of nitrogen functional groups attached to an aromatic ring is 1. The number of amides is 3. The normalized spacial score (nSPS) is 10.9. The van der Waals surface area contributed by atoms with Gasteiger partial charge >= 0.3 is 0 Å². The zero-order valence-corrected chi connectivity index (χ0v) is 72.7. The summed E-state index contributed by atoms with van der Waals surface area (Å²) in [6.45, 7) is 26.2. The van der Waals surface area contributed by atoms with Crippen LogP contribution in [0, 0.1) is 43.4 Å². The monoisotopic (exact) mass is 1720 g/mol. The Morgan fingerprint density at radius 2 is 0.942 bits per heavy atom. The summed E-state index contributed by atoms with van der Waals surface area (Å²) in [5.74, 6) is 2.28. The van der Waals surface area contributed by atoms with E-state index in [9.17, 15) is 37.2 Å². The molecule has 24 nitrogen and oxygen atoms in total. The predicted octanol–water partition coefficient (Wildman–Crippen LogP) is 19.2. The van der Waals surface area contributed by atoms with E-state index in [1.807, 2.05) is 196 Å². The highest BCUT2D eigenvalue weighted by Gasteiger charge is 2.21. The zero-order valence-electron chi connectivity index (χ0n) is 69.4. The van der Waals surface area contributed by atoms with Gasteiger partial charge in [0.1, 0.15) is 23.2 Å². The number of hydrogen-bond donors (Lipinski definition) is 4. The summed E-state index contributed by atoms with van der Waals surface area (Å²) in [6.07, 6.45) is 16.9. The minimum Gasteiger partial charge on any atom is -0.375 e. The van der Waals surface area contributed by atoms with Crippen LogP contribution in [-0.4, -0.2) is 116 Å². The standard InChI is InChI=1S/C18H22N4O.C18H25N3O3S.C18H19N3O.C13H15NOS.C12H15N3OS.C10H10N2OS.4CH4/c1-12(2)18(23)8-5-14-10-19-22(11-14)15-6-7-16-17(9-15)21(4)13(3)20-16;1-13(2)17(22)8-6-15-11-19-21(12-15)16-7-9-18(14(3)10-16)25(23,24)20(4)5;1-13(2)18(22)8-5-14-11-20-21(12-14)16-6-7-17-15(10-16)4-3-9-19-17;1-9(2)13(15)14-8-10-3-4-11-5-6-16-12(11)7-10;1-7(2)11(16)14-6-8-3-4-9-10(5-8)17-12(13)15-9;1-7(13)11-5-8-2-3-9-10(4-8)14-6-12-9;;;;/h6-7,9-12H,5,8H2,1-4H3;7,9-13H,6,8H2,1-5H3;3-4,6-7,9-13H,5,8H2,1-2H3;3-7,9H,8H2,1-2H3,(H,14,15);3-5,7H,6H2,1-2H3,(H2,13,15)(H,14,16);2-4,6H,5H2,1H3,(H,11,13);4*1H4. The maximum absolute atomic E-state index is 12.3. The smallest absolute Gasteiger partial charge is 0.242 e. The number of benzene rings is 6.